The molecule has 0 bridgehead atoms. The summed E-state index contributed by atoms with van der Waals surface area (Å²) in [6, 6.07) is 3.80. The molecule has 0 spiro atoms. The smallest absolute Gasteiger partial charge is 0.338 e. The van der Waals surface area contributed by atoms with Crippen molar-refractivity contribution in [1.82, 2.24) is 0 Å². The molecular weight excluding hydrogens is 233 g/mol. The van der Waals surface area contributed by atoms with Gasteiger partial charge in [0.2, 0.25) is 5.91 Å². The molecule has 1 aromatic carbocycles. The topological polar surface area (TPSA) is 80.4 Å². The van der Waals surface area contributed by atoms with Gasteiger partial charge in [0.05, 0.1) is 5.56 Å². The summed E-state index contributed by atoms with van der Waals surface area (Å²) in [5.41, 5.74) is 4.58. The monoisotopic (exact) mass is 243 g/mol. The van der Waals surface area contributed by atoms with E-state index in [0.717, 1.165) is 6.07 Å². The van der Waals surface area contributed by atoms with E-state index in [4.69, 9.17) is 10.8 Å². The quantitative estimate of drug-likeness (QED) is 0.768. The first-order valence-corrected chi connectivity index (χ1v) is 5.43. The van der Waals surface area contributed by atoms with Gasteiger partial charge in [0.1, 0.15) is 5.82 Å². The molecular formula is C10H10FNO3S. The van der Waals surface area contributed by atoms with Gasteiger partial charge in [-0.25, -0.2) is 9.18 Å². The second-order valence-corrected chi connectivity index (χ2v) is 4.18. The zero-order valence-electron chi connectivity index (χ0n) is 8.27. The maximum atomic E-state index is 13.0. The third-order valence-corrected chi connectivity index (χ3v) is 2.78. The standard InChI is InChI=1S/C10H10FNO3S/c11-8-2-1-6(5-7(8)10(14)15)16-4-3-9(12)13/h1-2,5H,3-4H2,(H2,12,13)(H,14,15). The molecule has 0 saturated carbocycles. The van der Waals surface area contributed by atoms with Crippen LogP contribution in [0.25, 0.3) is 0 Å². The van der Waals surface area contributed by atoms with Crippen LogP contribution < -0.4 is 5.73 Å². The number of carbonyl (C=O) groups is 2. The van der Waals surface area contributed by atoms with E-state index in [2.05, 4.69) is 0 Å². The van der Waals surface area contributed by atoms with Crippen LogP contribution in [-0.4, -0.2) is 22.7 Å². The number of carboxylic acid groups (broad SMARTS) is 1. The van der Waals surface area contributed by atoms with Gasteiger partial charge in [0.25, 0.3) is 0 Å². The molecule has 0 aliphatic rings. The average molecular weight is 243 g/mol. The van der Waals surface area contributed by atoms with Crippen molar-refractivity contribution in [2.24, 2.45) is 5.73 Å². The number of aromatic carboxylic acids is 1. The number of carbonyl (C=O) groups excluding carboxylic acids is 1. The summed E-state index contributed by atoms with van der Waals surface area (Å²) in [7, 11) is 0. The maximum Gasteiger partial charge on any atom is 0.338 e. The summed E-state index contributed by atoms with van der Waals surface area (Å²) in [4.78, 5) is 21.7. The van der Waals surface area contributed by atoms with E-state index in [-0.39, 0.29) is 12.0 Å². The first-order chi connectivity index (χ1) is 7.50. The van der Waals surface area contributed by atoms with Gasteiger partial charge in [-0.3, -0.25) is 4.79 Å². The van der Waals surface area contributed by atoms with Gasteiger partial charge in [-0.1, -0.05) is 0 Å². The number of thioether (sulfide) groups is 1. The minimum atomic E-state index is -1.31. The normalized spacial score (nSPS) is 10.1. The van der Waals surface area contributed by atoms with E-state index in [1.165, 1.54) is 23.9 Å². The number of benzene rings is 1. The fourth-order valence-electron chi connectivity index (χ4n) is 1.03. The number of hydrogen-bond donors (Lipinski definition) is 2. The van der Waals surface area contributed by atoms with Gasteiger partial charge in [-0.2, -0.15) is 0 Å². The third kappa shape index (κ3) is 3.54. The molecule has 1 aromatic rings. The van der Waals surface area contributed by atoms with Crippen LogP contribution in [0.4, 0.5) is 4.39 Å². The first-order valence-electron chi connectivity index (χ1n) is 4.44. The zero-order chi connectivity index (χ0) is 12.1. The minimum Gasteiger partial charge on any atom is -0.478 e. The van der Waals surface area contributed by atoms with E-state index < -0.39 is 17.7 Å². The molecule has 4 nitrogen and oxygen atoms in total. The first kappa shape index (κ1) is 12.5. The molecule has 0 heterocycles. The van der Waals surface area contributed by atoms with Crippen molar-refractivity contribution in [3.8, 4) is 0 Å². The second kappa shape index (κ2) is 5.50. The lowest BCUT2D eigenvalue weighted by Gasteiger charge is -2.02. The summed E-state index contributed by atoms with van der Waals surface area (Å²) >= 11 is 1.26. The van der Waals surface area contributed by atoms with Crippen molar-refractivity contribution in [2.45, 2.75) is 11.3 Å². The van der Waals surface area contributed by atoms with E-state index in [1.807, 2.05) is 0 Å². The lowest BCUT2D eigenvalue weighted by atomic mass is 10.2. The Hall–Kier alpha value is -1.56. The highest BCUT2D eigenvalue weighted by molar-refractivity contribution is 7.99. The molecule has 3 N–H and O–H groups in total. The number of primary amides is 1. The lowest BCUT2D eigenvalue weighted by Crippen LogP contribution is -2.10. The van der Waals surface area contributed by atoms with Crippen LogP contribution in [0.2, 0.25) is 0 Å². The molecule has 0 saturated heterocycles. The fourth-order valence-corrected chi connectivity index (χ4v) is 1.93. The summed E-state index contributed by atoms with van der Waals surface area (Å²) < 4.78 is 13.0. The average Bonchev–Trinajstić information content (AvgIpc) is 2.19. The van der Waals surface area contributed by atoms with Crippen LogP contribution in [-0.2, 0) is 4.79 Å². The summed E-state index contributed by atoms with van der Waals surface area (Å²) in [5.74, 6) is -2.06. The minimum absolute atomic E-state index is 0.199. The highest BCUT2D eigenvalue weighted by Gasteiger charge is 2.10. The van der Waals surface area contributed by atoms with Crippen molar-refractivity contribution < 1.29 is 19.1 Å². The van der Waals surface area contributed by atoms with Gasteiger partial charge in [0.15, 0.2) is 0 Å². The molecule has 0 aliphatic carbocycles. The lowest BCUT2D eigenvalue weighted by molar-refractivity contribution is -0.117. The van der Waals surface area contributed by atoms with Crippen molar-refractivity contribution in [3.05, 3.63) is 29.6 Å². The van der Waals surface area contributed by atoms with Gasteiger partial charge < -0.3 is 10.8 Å². The summed E-state index contributed by atoms with van der Waals surface area (Å²) in [5, 5.41) is 8.68. The van der Waals surface area contributed by atoms with Crippen molar-refractivity contribution in [1.29, 1.82) is 0 Å². The Kier molecular flexibility index (Phi) is 4.30. The molecule has 0 aliphatic heterocycles. The number of carboxylic acids is 1. The number of amides is 1. The zero-order valence-corrected chi connectivity index (χ0v) is 9.09. The Balaban J connectivity index is 2.71. The molecule has 0 unspecified atom stereocenters. The van der Waals surface area contributed by atoms with Crippen molar-refractivity contribution >= 4 is 23.6 Å². The van der Waals surface area contributed by atoms with Crippen LogP contribution in [0.5, 0.6) is 0 Å². The molecule has 1 amide bonds. The molecule has 86 valence electrons. The molecule has 1 rings (SSSR count). The van der Waals surface area contributed by atoms with Gasteiger partial charge in [0, 0.05) is 17.1 Å². The number of hydrogen-bond acceptors (Lipinski definition) is 3. The van der Waals surface area contributed by atoms with Crippen LogP contribution in [0.15, 0.2) is 23.1 Å². The Morgan fingerprint density at radius 3 is 2.69 bits per heavy atom. The van der Waals surface area contributed by atoms with Gasteiger partial charge in [-0.05, 0) is 18.2 Å². The SMILES string of the molecule is NC(=O)CCSc1ccc(F)c(C(=O)O)c1. The molecule has 16 heavy (non-hydrogen) atoms. The van der Waals surface area contributed by atoms with E-state index in [0.29, 0.717) is 10.6 Å². The van der Waals surface area contributed by atoms with E-state index in [9.17, 15) is 14.0 Å². The maximum absolute atomic E-state index is 13.0. The summed E-state index contributed by atoms with van der Waals surface area (Å²) in [6.45, 7) is 0. The fraction of sp³-hybridized carbons (Fsp3) is 0.200. The number of halogens is 1. The second-order valence-electron chi connectivity index (χ2n) is 3.01. The highest BCUT2D eigenvalue weighted by Crippen LogP contribution is 2.21. The third-order valence-electron chi connectivity index (χ3n) is 1.79. The van der Waals surface area contributed by atoms with Crippen LogP contribution in [0.3, 0.4) is 0 Å². The predicted octanol–water partition coefficient (Wildman–Crippen LogP) is 1.49. The molecule has 0 atom stereocenters. The van der Waals surface area contributed by atoms with E-state index >= 15 is 0 Å². The molecule has 0 aromatic heterocycles. The van der Waals surface area contributed by atoms with Crippen molar-refractivity contribution in [2.75, 3.05) is 5.75 Å². The molecule has 6 heteroatoms. The molecule has 0 radical (unpaired) electrons. The largest absolute Gasteiger partial charge is 0.478 e. The van der Waals surface area contributed by atoms with E-state index in [1.54, 1.807) is 0 Å². The van der Waals surface area contributed by atoms with Crippen molar-refractivity contribution in [3.63, 3.8) is 0 Å². The molecule has 0 fully saturated rings. The van der Waals surface area contributed by atoms with Crippen LogP contribution >= 0.6 is 11.8 Å². The summed E-state index contributed by atoms with van der Waals surface area (Å²) in [6.07, 6.45) is 0.199. The highest BCUT2D eigenvalue weighted by atomic mass is 32.2. The Labute approximate surface area is 95.6 Å². The Bertz CT molecular complexity index is 423. The number of nitrogens with two attached hydrogens (primary N) is 1. The van der Waals surface area contributed by atoms with Gasteiger partial charge >= 0.3 is 5.97 Å². The van der Waals surface area contributed by atoms with Gasteiger partial charge in [-0.15, -0.1) is 11.8 Å². The Morgan fingerprint density at radius 2 is 2.12 bits per heavy atom. The Morgan fingerprint density at radius 1 is 1.44 bits per heavy atom. The van der Waals surface area contributed by atoms with Crippen LogP contribution in [0, 0.1) is 5.82 Å². The van der Waals surface area contributed by atoms with Crippen LogP contribution in [0.1, 0.15) is 16.8 Å². The number of rotatable bonds is 5. The predicted molar refractivity (Wildman–Crippen MR) is 57.9 cm³/mol.